The Hall–Kier alpha value is -1.98. The number of hydrogen-bond donors (Lipinski definition) is 1. The third-order valence-electron chi connectivity index (χ3n) is 2.36. The molecular formula is C10H13N5O. The molecule has 84 valence electrons. The fraction of sp³-hybridized carbons (Fsp3) is 0.400. The van der Waals surface area contributed by atoms with Gasteiger partial charge in [-0.05, 0) is 13.3 Å². The van der Waals surface area contributed by atoms with Crippen LogP contribution in [0.15, 0.2) is 12.7 Å². The Labute approximate surface area is 92.5 Å². The van der Waals surface area contributed by atoms with Crippen LogP contribution in [0.4, 0.5) is 5.82 Å². The van der Waals surface area contributed by atoms with Crippen LogP contribution in [0.25, 0.3) is 11.2 Å². The van der Waals surface area contributed by atoms with Crippen molar-refractivity contribution < 1.29 is 4.79 Å². The summed E-state index contributed by atoms with van der Waals surface area (Å²) in [4.78, 5) is 23.0. The number of hydrogen-bond acceptors (Lipinski definition) is 5. The minimum atomic E-state index is 0.193. The molecule has 0 unspecified atom stereocenters. The molecule has 2 aromatic rings. The van der Waals surface area contributed by atoms with Gasteiger partial charge in [0.15, 0.2) is 11.5 Å². The van der Waals surface area contributed by atoms with Gasteiger partial charge in [-0.1, -0.05) is 0 Å². The number of nitrogens with zero attached hydrogens (tertiary/aromatic N) is 4. The molecule has 0 amide bonds. The van der Waals surface area contributed by atoms with E-state index in [1.165, 1.54) is 6.33 Å². The quantitative estimate of drug-likeness (QED) is 0.821. The second-order valence-corrected chi connectivity index (χ2v) is 3.67. The van der Waals surface area contributed by atoms with Crippen LogP contribution in [0.3, 0.4) is 0 Å². The van der Waals surface area contributed by atoms with Gasteiger partial charge in [0.1, 0.15) is 17.6 Å². The molecule has 2 heterocycles. The van der Waals surface area contributed by atoms with Gasteiger partial charge < -0.3 is 15.1 Å². The number of carbonyl (C=O) groups is 1. The van der Waals surface area contributed by atoms with E-state index in [9.17, 15) is 4.79 Å². The zero-order chi connectivity index (χ0) is 11.5. The Kier molecular flexibility index (Phi) is 2.80. The number of aromatic nitrogens is 4. The van der Waals surface area contributed by atoms with Crippen LogP contribution in [0.2, 0.25) is 0 Å². The minimum absolute atomic E-state index is 0.193. The highest BCUT2D eigenvalue weighted by Gasteiger charge is 2.07. The van der Waals surface area contributed by atoms with E-state index in [2.05, 4.69) is 15.0 Å². The zero-order valence-electron chi connectivity index (χ0n) is 9.05. The molecule has 0 bridgehead atoms. The van der Waals surface area contributed by atoms with Crippen LogP contribution in [0, 0.1) is 0 Å². The van der Waals surface area contributed by atoms with Crippen molar-refractivity contribution in [2.75, 3.05) is 5.73 Å². The van der Waals surface area contributed by atoms with E-state index in [0.717, 1.165) is 12.1 Å². The first kappa shape index (κ1) is 10.5. The first-order chi connectivity index (χ1) is 7.68. The van der Waals surface area contributed by atoms with Gasteiger partial charge in [-0.2, -0.15) is 0 Å². The molecule has 0 aliphatic rings. The summed E-state index contributed by atoms with van der Waals surface area (Å²) in [5.74, 6) is 0.578. The second-order valence-electron chi connectivity index (χ2n) is 3.67. The Morgan fingerprint density at radius 1 is 1.44 bits per heavy atom. The number of nitrogen functional groups attached to an aromatic ring is 1. The first-order valence-corrected chi connectivity index (χ1v) is 5.09. The lowest BCUT2D eigenvalue weighted by atomic mass is 10.2. The van der Waals surface area contributed by atoms with Crippen molar-refractivity contribution >= 4 is 22.8 Å². The molecule has 0 spiro atoms. The number of ketones is 1. The number of fused-ring (bicyclic) bond motifs is 1. The van der Waals surface area contributed by atoms with Crippen molar-refractivity contribution in [2.24, 2.45) is 0 Å². The Balaban J connectivity index is 2.19. The smallest absolute Gasteiger partial charge is 0.165 e. The number of aryl methyl sites for hydroxylation is 1. The van der Waals surface area contributed by atoms with E-state index in [1.54, 1.807) is 13.3 Å². The number of carbonyl (C=O) groups excluding carboxylic acids is 1. The molecule has 2 aromatic heterocycles. The molecule has 0 atom stereocenters. The average Bonchev–Trinajstić information content (AvgIpc) is 2.63. The minimum Gasteiger partial charge on any atom is -0.382 e. The molecule has 6 heteroatoms. The molecule has 16 heavy (non-hydrogen) atoms. The fourth-order valence-corrected chi connectivity index (χ4v) is 1.56. The van der Waals surface area contributed by atoms with Gasteiger partial charge in [-0.3, -0.25) is 0 Å². The van der Waals surface area contributed by atoms with Gasteiger partial charge in [-0.25, -0.2) is 15.0 Å². The highest BCUT2D eigenvalue weighted by Crippen LogP contribution is 2.14. The normalized spacial score (nSPS) is 10.8. The van der Waals surface area contributed by atoms with Crippen molar-refractivity contribution in [3.8, 4) is 0 Å². The van der Waals surface area contributed by atoms with Gasteiger partial charge in [0, 0.05) is 13.0 Å². The molecule has 6 nitrogen and oxygen atoms in total. The van der Waals surface area contributed by atoms with Crippen LogP contribution < -0.4 is 5.73 Å². The van der Waals surface area contributed by atoms with E-state index < -0.39 is 0 Å². The van der Waals surface area contributed by atoms with Crippen LogP contribution in [0.1, 0.15) is 19.8 Å². The van der Waals surface area contributed by atoms with E-state index in [4.69, 9.17) is 5.73 Å². The highest BCUT2D eigenvalue weighted by atomic mass is 16.1. The van der Waals surface area contributed by atoms with Gasteiger partial charge in [0.25, 0.3) is 0 Å². The molecular weight excluding hydrogens is 206 g/mol. The van der Waals surface area contributed by atoms with Crippen molar-refractivity contribution in [1.82, 2.24) is 19.5 Å². The summed E-state index contributed by atoms with van der Waals surface area (Å²) in [6.07, 6.45) is 4.45. The number of rotatable bonds is 4. The highest BCUT2D eigenvalue weighted by molar-refractivity contribution is 5.81. The average molecular weight is 219 g/mol. The van der Waals surface area contributed by atoms with Crippen LogP contribution in [-0.2, 0) is 11.3 Å². The second kappa shape index (κ2) is 4.26. The van der Waals surface area contributed by atoms with Crippen molar-refractivity contribution in [1.29, 1.82) is 0 Å². The van der Waals surface area contributed by atoms with E-state index >= 15 is 0 Å². The third kappa shape index (κ3) is 2.00. The lowest BCUT2D eigenvalue weighted by molar-refractivity contribution is -0.117. The Morgan fingerprint density at radius 3 is 3.00 bits per heavy atom. The van der Waals surface area contributed by atoms with Gasteiger partial charge in [-0.15, -0.1) is 0 Å². The molecule has 0 aromatic carbocycles. The number of imidazole rings is 1. The number of nitrogens with two attached hydrogens (primary N) is 1. The summed E-state index contributed by atoms with van der Waals surface area (Å²) in [6.45, 7) is 2.30. The van der Waals surface area contributed by atoms with E-state index in [-0.39, 0.29) is 5.78 Å². The summed E-state index contributed by atoms with van der Waals surface area (Å²) in [5.41, 5.74) is 7.00. The molecule has 2 rings (SSSR count). The Morgan fingerprint density at radius 2 is 2.25 bits per heavy atom. The summed E-state index contributed by atoms with van der Waals surface area (Å²) >= 11 is 0. The molecule has 0 saturated carbocycles. The van der Waals surface area contributed by atoms with Crippen LogP contribution in [-0.4, -0.2) is 25.3 Å². The van der Waals surface area contributed by atoms with Crippen molar-refractivity contribution in [3.05, 3.63) is 12.7 Å². The molecule has 0 radical (unpaired) electrons. The van der Waals surface area contributed by atoms with Gasteiger partial charge in [0.05, 0.1) is 6.33 Å². The predicted octanol–water partition coefficient (Wildman–Crippen LogP) is 0.778. The summed E-state index contributed by atoms with van der Waals surface area (Å²) < 4.78 is 1.89. The molecule has 0 aliphatic carbocycles. The molecule has 0 aliphatic heterocycles. The fourth-order valence-electron chi connectivity index (χ4n) is 1.56. The van der Waals surface area contributed by atoms with Crippen LogP contribution >= 0.6 is 0 Å². The molecule has 0 fully saturated rings. The monoisotopic (exact) mass is 219 g/mol. The topological polar surface area (TPSA) is 86.7 Å². The van der Waals surface area contributed by atoms with E-state index in [1.807, 2.05) is 4.57 Å². The van der Waals surface area contributed by atoms with E-state index in [0.29, 0.717) is 24.3 Å². The first-order valence-electron chi connectivity index (χ1n) is 5.09. The van der Waals surface area contributed by atoms with Gasteiger partial charge >= 0.3 is 0 Å². The maximum atomic E-state index is 10.8. The Bertz CT molecular complexity index is 519. The van der Waals surface area contributed by atoms with Crippen molar-refractivity contribution in [2.45, 2.75) is 26.3 Å². The number of Topliss-reactive ketones (excluding diaryl/α,β-unsaturated/α-hetero) is 1. The third-order valence-corrected chi connectivity index (χ3v) is 2.36. The molecule has 0 saturated heterocycles. The standard InChI is InChI=1S/C10H13N5O/c1-7(16)3-2-4-15-6-14-8-9(11)12-5-13-10(8)15/h5-6H,2-4H2,1H3,(H2,11,12,13). The lowest BCUT2D eigenvalue weighted by Crippen LogP contribution is -2.01. The predicted molar refractivity (Wildman–Crippen MR) is 59.7 cm³/mol. The van der Waals surface area contributed by atoms with Crippen LogP contribution in [0.5, 0.6) is 0 Å². The largest absolute Gasteiger partial charge is 0.382 e. The summed E-state index contributed by atoms with van der Waals surface area (Å²) in [5, 5.41) is 0. The summed E-state index contributed by atoms with van der Waals surface area (Å²) in [7, 11) is 0. The SMILES string of the molecule is CC(=O)CCCn1cnc2c(N)ncnc21. The maximum absolute atomic E-state index is 10.8. The number of anilines is 1. The maximum Gasteiger partial charge on any atom is 0.165 e. The molecule has 2 N–H and O–H groups in total. The van der Waals surface area contributed by atoms with Crippen molar-refractivity contribution in [3.63, 3.8) is 0 Å². The lowest BCUT2D eigenvalue weighted by Gasteiger charge is -2.01. The zero-order valence-corrected chi connectivity index (χ0v) is 9.05. The summed E-state index contributed by atoms with van der Waals surface area (Å²) in [6, 6.07) is 0. The van der Waals surface area contributed by atoms with Gasteiger partial charge in [0.2, 0.25) is 0 Å².